The third-order valence-corrected chi connectivity index (χ3v) is 5.06. The Kier molecular flexibility index (Phi) is 4.03. The number of likely N-dealkylation sites (tertiary alicyclic amines) is 1. The number of aromatic nitrogens is 2. The third-order valence-electron chi connectivity index (χ3n) is 5.06. The topological polar surface area (TPSA) is 75.4 Å². The minimum atomic E-state index is -0.820. The number of rotatable bonds is 4. The zero-order valence-electron chi connectivity index (χ0n) is 14.0. The number of nitrogens with zero attached hydrogens (tertiary/aromatic N) is 3. The molecule has 6 nitrogen and oxygen atoms in total. The molecule has 2 fully saturated rings. The van der Waals surface area contributed by atoms with Crippen LogP contribution >= 0.6 is 0 Å². The van der Waals surface area contributed by atoms with Crippen LogP contribution in [-0.2, 0) is 4.79 Å². The molecule has 2 aliphatic rings. The minimum absolute atomic E-state index is 0.0879. The Hall–Kier alpha value is -2.63. The van der Waals surface area contributed by atoms with Crippen molar-refractivity contribution < 1.29 is 14.7 Å². The van der Waals surface area contributed by atoms with Gasteiger partial charge < -0.3 is 10.0 Å². The highest BCUT2D eigenvalue weighted by Gasteiger charge is 2.36. The summed E-state index contributed by atoms with van der Waals surface area (Å²) < 4.78 is 1.86. The highest BCUT2D eigenvalue weighted by Crippen LogP contribution is 2.42. The molecule has 0 unspecified atom stereocenters. The predicted molar refractivity (Wildman–Crippen MR) is 91.8 cm³/mol. The highest BCUT2D eigenvalue weighted by molar-refractivity contribution is 5.96. The number of benzene rings is 1. The van der Waals surface area contributed by atoms with E-state index in [4.69, 9.17) is 0 Å². The molecule has 1 atom stereocenters. The molecule has 1 aromatic heterocycles. The van der Waals surface area contributed by atoms with E-state index in [1.165, 1.54) is 0 Å². The monoisotopic (exact) mass is 339 g/mol. The summed E-state index contributed by atoms with van der Waals surface area (Å²) in [5, 5.41) is 13.7. The number of para-hydroxylation sites is 1. The van der Waals surface area contributed by atoms with Crippen molar-refractivity contribution in [3.05, 3.63) is 47.8 Å². The number of carboxylic acid groups (broad SMARTS) is 1. The van der Waals surface area contributed by atoms with Crippen molar-refractivity contribution in [1.82, 2.24) is 14.7 Å². The summed E-state index contributed by atoms with van der Waals surface area (Å²) >= 11 is 0. The quantitative estimate of drug-likeness (QED) is 0.929. The maximum atomic E-state index is 13.0. The Morgan fingerprint density at radius 3 is 2.56 bits per heavy atom. The summed E-state index contributed by atoms with van der Waals surface area (Å²) in [5.41, 5.74) is 2.54. The molecule has 25 heavy (non-hydrogen) atoms. The second-order valence-electron chi connectivity index (χ2n) is 6.89. The number of carboxylic acids is 1. The molecule has 1 saturated heterocycles. The lowest BCUT2D eigenvalue weighted by Gasteiger charge is -2.30. The van der Waals surface area contributed by atoms with Gasteiger partial charge in [-0.25, -0.2) is 4.68 Å². The molecule has 1 amide bonds. The Balaban J connectivity index is 1.65. The SMILES string of the molecule is O=C(O)[C@H]1CCCN(C(=O)c2cnn(-c3ccccc3)c2C2CC2)C1. The smallest absolute Gasteiger partial charge is 0.308 e. The number of carbonyl (C=O) groups is 2. The summed E-state index contributed by atoms with van der Waals surface area (Å²) in [6.45, 7) is 0.901. The molecule has 1 saturated carbocycles. The van der Waals surface area contributed by atoms with E-state index >= 15 is 0 Å². The van der Waals surface area contributed by atoms with E-state index in [0.29, 0.717) is 24.4 Å². The second kappa shape index (κ2) is 6.35. The van der Waals surface area contributed by atoms with Gasteiger partial charge in [-0.05, 0) is 37.8 Å². The van der Waals surface area contributed by atoms with Gasteiger partial charge in [0.2, 0.25) is 0 Å². The molecule has 6 heteroatoms. The van der Waals surface area contributed by atoms with Crippen LogP contribution in [-0.4, -0.2) is 44.8 Å². The van der Waals surface area contributed by atoms with Crippen molar-refractivity contribution in [2.45, 2.75) is 31.6 Å². The van der Waals surface area contributed by atoms with Crippen LogP contribution in [0.15, 0.2) is 36.5 Å². The van der Waals surface area contributed by atoms with Crippen molar-refractivity contribution >= 4 is 11.9 Å². The molecule has 4 rings (SSSR count). The van der Waals surface area contributed by atoms with Crippen LogP contribution in [0.4, 0.5) is 0 Å². The zero-order chi connectivity index (χ0) is 17.4. The van der Waals surface area contributed by atoms with Gasteiger partial charge in [-0.3, -0.25) is 9.59 Å². The molecule has 1 aliphatic heterocycles. The minimum Gasteiger partial charge on any atom is -0.481 e. The van der Waals surface area contributed by atoms with Gasteiger partial charge >= 0.3 is 5.97 Å². The number of piperidine rings is 1. The number of carbonyl (C=O) groups excluding carboxylic acids is 1. The van der Waals surface area contributed by atoms with Crippen LogP contribution in [0, 0.1) is 5.92 Å². The van der Waals surface area contributed by atoms with E-state index in [1.807, 2.05) is 35.0 Å². The molecule has 1 N–H and O–H groups in total. The van der Waals surface area contributed by atoms with Crippen LogP contribution in [0.2, 0.25) is 0 Å². The summed E-state index contributed by atoms with van der Waals surface area (Å²) in [7, 11) is 0. The zero-order valence-corrected chi connectivity index (χ0v) is 14.0. The fraction of sp³-hybridized carbons (Fsp3) is 0.421. The molecular formula is C19H21N3O3. The number of aliphatic carboxylic acids is 1. The first-order chi connectivity index (χ1) is 12.1. The maximum absolute atomic E-state index is 13.0. The van der Waals surface area contributed by atoms with E-state index in [2.05, 4.69) is 5.10 Å². The third kappa shape index (κ3) is 3.04. The summed E-state index contributed by atoms with van der Waals surface area (Å²) in [5.74, 6) is -1.01. The molecule has 130 valence electrons. The maximum Gasteiger partial charge on any atom is 0.308 e. The number of hydrogen-bond donors (Lipinski definition) is 1. The lowest BCUT2D eigenvalue weighted by atomic mass is 9.97. The van der Waals surface area contributed by atoms with Crippen LogP contribution < -0.4 is 0 Å². The molecule has 2 aromatic rings. The predicted octanol–water partition coefficient (Wildman–Crippen LogP) is 2.69. The molecule has 0 bridgehead atoms. The molecule has 0 radical (unpaired) electrons. The van der Waals surface area contributed by atoms with Crippen LogP contribution in [0.5, 0.6) is 0 Å². The lowest BCUT2D eigenvalue weighted by Crippen LogP contribution is -2.42. The molecule has 1 aliphatic carbocycles. The normalized spacial score (nSPS) is 20.5. The summed E-state index contributed by atoms with van der Waals surface area (Å²) in [6, 6.07) is 9.83. The van der Waals surface area contributed by atoms with Gasteiger partial charge in [0.15, 0.2) is 0 Å². The lowest BCUT2D eigenvalue weighted by molar-refractivity contribution is -0.143. The standard InChI is InChI=1S/C19H21N3O3/c23-18(21-10-4-5-14(12-21)19(24)25)16-11-20-22(17(16)13-8-9-13)15-6-2-1-3-7-15/h1-3,6-7,11,13-14H,4-5,8-10,12H2,(H,24,25)/t14-/m0/s1. The van der Waals surface area contributed by atoms with Gasteiger partial charge in [-0.15, -0.1) is 0 Å². The van der Waals surface area contributed by atoms with E-state index in [0.717, 1.165) is 30.6 Å². The number of hydrogen-bond acceptors (Lipinski definition) is 3. The van der Waals surface area contributed by atoms with Gasteiger partial charge in [-0.1, -0.05) is 18.2 Å². The van der Waals surface area contributed by atoms with Crippen molar-refractivity contribution in [3.63, 3.8) is 0 Å². The van der Waals surface area contributed by atoms with E-state index < -0.39 is 11.9 Å². The highest BCUT2D eigenvalue weighted by atomic mass is 16.4. The van der Waals surface area contributed by atoms with Gasteiger partial charge in [0.1, 0.15) is 0 Å². The van der Waals surface area contributed by atoms with Crippen molar-refractivity contribution in [2.75, 3.05) is 13.1 Å². The Morgan fingerprint density at radius 1 is 1.12 bits per heavy atom. The van der Waals surface area contributed by atoms with E-state index in [1.54, 1.807) is 11.1 Å². The molecule has 2 heterocycles. The van der Waals surface area contributed by atoms with Crippen LogP contribution in [0.1, 0.15) is 47.7 Å². The Labute approximate surface area is 146 Å². The van der Waals surface area contributed by atoms with E-state index in [-0.39, 0.29) is 12.5 Å². The van der Waals surface area contributed by atoms with Gasteiger partial charge in [0, 0.05) is 19.0 Å². The van der Waals surface area contributed by atoms with Crippen LogP contribution in [0.3, 0.4) is 0 Å². The van der Waals surface area contributed by atoms with E-state index in [9.17, 15) is 14.7 Å². The van der Waals surface area contributed by atoms with Crippen molar-refractivity contribution in [3.8, 4) is 5.69 Å². The molecule has 1 aromatic carbocycles. The average Bonchev–Trinajstić information content (AvgIpc) is 3.40. The average molecular weight is 339 g/mol. The van der Waals surface area contributed by atoms with Crippen molar-refractivity contribution in [2.24, 2.45) is 5.92 Å². The first kappa shape index (κ1) is 15.9. The molecule has 0 spiro atoms. The van der Waals surface area contributed by atoms with Gasteiger partial charge in [-0.2, -0.15) is 5.10 Å². The van der Waals surface area contributed by atoms with Crippen LogP contribution in [0.25, 0.3) is 5.69 Å². The summed E-state index contributed by atoms with van der Waals surface area (Å²) in [4.78, 5) is 26.0. The fourth-order valence-electron chi connectivity index (χ4n) is 3.58. The summed E-state index contributed by atoms with van der Waals surface area (Å²) in [6.07, 6.45) is 5.15. The van der Waals surface area contributed by atoms with Crippen molar-refractivity contribution in [1.29, 1.82) is 0 Å². The first-order valence-electron chi connectivity index (χ1n) is 8.80. The first-order valence-corrected chi connectivity index (χ1v) is 8.80. The largest absolute Gasteiger partial charge is 0.481 e. The van der Waals surface area contributed by atoms with Gasteiger partial charge in [0.25, 0.3) is 5.91 Å². The second-order valence-corrected chi connectivity index (χ2v) is 6.89. The Morgan fingerprint density at radius 2 is 1.88 bits per heavy atom. The molecular weight excluding hydrogens is 318 g/mol. The Bertz CT molecular complexity index is 796. The fourth-order valence-corrected chi connectivity index (χ4v) is 3.58. The van der Waals surface area contributed by atoms with Gasteiger partial charge in [0.05, 0.1) is 29.1 Å². The number of amides is 1.